The lowest BCUT2D eigenvalue weighted by Crippen LogP contribution is -2.33. The lowest BCUT2D eigenvalue weighted by Gasteiger charge is -2.30. The largest absolute Gasteiger partial charge is 0.385 e. The fourth-order valence-electron chi connectivity index (χ4n) is 2.04. The molecular weight excluding hydrogens is 174 g/mol. The molecule has 0 radical (unpaired) electrons. The monoisotopic (exact) mass is 199 g/mol. The van der Waals surface area contributed by atoms with E-state index in [0.29, 0.717) is 0 Å². The Morgan fingerprint density at radius 2 is 1.86 bits per heavy atom. The molecule has 0 aromatic heterocycles. The number of hydrogen-bond donors (Lipinski definition) is 0. The van der Waals surface area contributed by atoms with Crippen molar-refractivity contribution in [3.8, 4) is 0 Å². The van der Waals surface area contributed by atoms with Crippen LogP contribution in [0.15, 0.2) is 0 Å². The number of hydrogen-bond acceptors (Lipinski definition) is 2. The summed E-state index contributed by atoms with van der Waals surface area (Å²) in [7, 11) is 1.78. The predicted molar refractivity (Wildman–Crippen MR) is 60.6 cm³/mol. The maximum absolute atomic E-state index is 5.03. The summed E-state index contributed by atoms with van der Waals surface area (Å²) in [5, 5.41) is 0. The van der Waals surface area contributed by atoms with E-state index in [9.17, 15) is 0 Å². The fourth-order valence-corrected chi connectivity index (χ4v) is 2.04. The van der Waals surface area contributed by atoms with Crippen molar-refractivity contribution in [2.24, 2.45) is 5.92 Å². The van der Waals surface area contributed by atoms with Crippen molar-refractivity contribution in [1.82, 2.24) is 4.90 Å². The van der Waals surface area contributed by atoms with Gasteiger partial charge in [0.05, 0.1) is 0 Å². The third kappa shape index (κ3) is 4.97. The zero-order valence-corrected chi connectivity index (χ0v) is 9.80. The van der Waals surface area contributed by atoms with Crippen LogP contribution in [-0.4, -0.2) is 38.3 Å². The molecule has 0 unspecified atom stereocenters. The Kier molecular flexibility index (Phi) is 6.20. The molecule has 14 heavy (non-hydrogen) atoms. The van der Waals surface area contributed by atoms with Crippen LogP contribution in [0.2, 0.25) is 0 Å². The molecule has 0 amide bonds. The van der Waals surface area contributed by atoms with Crippen molar-refractivity contribution >= 4 is 0 Å². The van der Waals surface area contributed by atoms with Gasteiger partial charge in [0.25, 0.3) is 0 Å². The summed E-state index contributed by atoms with van der Waals surface area (Å²) in [6, 6.07) is 0. The van der Waals surface area contributed by atoms with E-state index in [1.807, 2.05) is 0 Å². The molecule has 1 rings (SSSR count). The van der Waals surface area contributed by atoms with Gasteiger partial charge in [-0.25, -0.2) is 0 Å². The molecule has 0 aliphatic carbocycles. The van der Waals surface area contributed by atoms with Crippen molar-refractivity contribution in [2.75, 3.05) is 33.4 Å². The minimum atomic E-state index is 0.928. The number of piperidine rings is 1. The zero-order chi connectivity index (χ0) is 10.2. The van der Waals surface area contributed by atoms with E-state index in [4.69, 9.17) is 4.74 Å². The molecule has 1 saturated heterocycles. The summed E-state index contributed by atoms with van der Waals surface area (Å²) in [5.41, 5.74) is 0. The van der Waals surface area contributed by atoms with Gasteiger partial charge in [0, 0.05) is 13.7 Å². The summed E-state index contributed by atoms with van der Waals surface area (Å²) < 4.78 is 5.03. The molecule has 2 heteroatoms. The molecule has 1 aliphatic rings. The Labute approximate surface area is 88.6 Å². The standard InChI is InChI=1S/C12H25NO/c1-12-6-9-13(10-7-12)8-4-3-5-11-14-2/h12H,3-11H2,1-2H3. The normalized spacial score (nSPS) is 20.1. The Bertz CT molecular complexity index is 130. The summed E-state index contributed by atoms with van der Waals surface area (Å²) in [6.07, 6.45) is 6.69. The van der Waals surface area contributed by atoms with Crippen molar-refractivity contribution in [3.63, 3.8) is 0 Å². The topological polar surface area (TPSA) is 12.5 Å². The van der Waals surface area contributed by atoms with Crippen molar-refractivity contribution < 1.29 is 4.74 Å². The first-order valence-electron chi connectivity index (χ1n) is 6.04. The van der Waals surface area contributed by atoms with Crippen molar-refractivity contribution in [3.05, 3.63) is 0 Å². The lowest BCUT2D eigenvalue weighted by atomic mass is 9.99. The third-order valence-corrected chi connectivity index (χ3v) is 3.20. The van der Waals surface area contributed by atoms with Crippen LogP contribution in [0.3, 0.4) is 0 Å². The molecule has 0 saturated carbocycles. The molecule has 1 heterocycles. The number of methoxy groups -OCH3 is 1. The lowest BCUT2D eigenvalue weighted by molar-refractivity contribution is 0.176. The van der Waals surface area contributed by atoms with Crippen LogP contribution < -0.4 is 0 Å². The van der Waals surface area contributed by atoms with E-state index in [1.54, 1.807) is 7.11 Å². The van der Waals surface area contributed by atoms with Gasteiger partial charge >= 0.3 is 0 Å². The Morgan fingerprint density at radius 1 is 1.14 bits per heavy atom. The van der Waals surface area contributed by atoms with Gasteiger partial charge in [-0.1, -0.05) is 6.92 Å². The number of rotatable bonds is 6. The second kappa shape index (κ2) is 7.24. The van der Waals surface area contributed by atoms with Gasteiger partial charge in [0.1, 0.15) is 0 Å². The maximum atomic E-state index is 5.03. The van der Waals surface area contributed by atoms with Gasteiger partial charge in [0.2, 0.25) is 0 Å². The highest BCUT2D eigenvalue weighted by Gasteiger charge is 2.14. The summed E-state index contributed by atoms with van der Waals surface area (Å²) in [5.74, 6) is 0.958. The Balaban J connectivity index is 1.91. The van der Waals surface area contributed by atoms with E-state index in [1.165, 1.54) is 51.7 Å². The van der Waals surface area contributed by atoms with Crippen molar-refractivity contribution in [1.29, 1.82) is 0 Å². The molecule has 84 valence electrons. The van der Waals surface area contributed by atoms with E-state index in [2.05, 4.69) is 11.8 Å². The molecule has 0 bridgehead atoms. The third-order valence-electron chi connectivity index (χ3n) is 3.20. The SMILES string of the molecule is COCCCCCN1CCC(C)CC1. The minimum absolute atomic E-state index is 0.928. The predicted octanol–water partition coefficient (Wildman–Crippen LogP) is 2.54. The first-order valence-corrected chi connectivity index (χ1v) is 6.04. The van der Waals surface area contributed by atoms with Gasteiger partial charge in [-0.15, -0.1) is 0 Å². The fraction of sp³-hybridized carbons (Fsp3) is 1.00. The van der Waals surface area contributed by atoms with Gasteiger partial charge in [-0.2, -0.15) is 0 Å². The van der Waals surface area contributed by atoms with Crippen LogP contribution >= 0.6 is 0 Å². The average molecular weight is 199 g/mol. The van der Waals surface area contributed by atoms with E-state index in [0.717, 1.165) is 12.5 Å². The minimum Gasteiger partial charge on any atom is -0.385 e. The molecule has 1 aliphatic heterocycles. The molecule has 2 nitrogen and oxygen atoms in total. The Hall–Kier alpha value is -0.0800. The highest BCUT2D eigenvalue weighted by atomic mass is 16.5. The average Bonchev–Trinajstić information content (AvgIpc) is 2.21. The van der Waals surface area contributed by atoms with E-state index >= 15 is 0 Å². The highest BCUT2D eigenvalue weighted by molar-refractivity contribution is 4.68. The molecule has 0 aromatic rings. The maximum Gasteiger partial charge on any atom is 0.0462 e. The van der Waals surface area contributed by atoms with Gasteiger partial charge in [-0.05, 0) is 57.7 Å². The molecule has 0 aromatic carbocycles. The molecule has 0 N–H and O–H groups in total. The first-order chi connectivity index (χ1) is 6.83. The molecular formula is C12H25NO. The summed E-state index contributed by atoms with van der Waals surface area (Å²) >= 11 is 0. The molecule has 0 atom stereocenters. The summed E-state index contributed by atoms with van der Waals surface area (Å²) in [6.45, 7) is 7.25. The smallest absolute Gasteiger partial charge is 0.0462 e. The van der Waals surface area contributed by atoms with E-state index < -0.39 is 0 Å². The van der Waals surface area contributed by atoms with E-state index in [-0.39, 0.29) is 0 Å². The quantitative estimate of drug-likeness (QED) is 0.610. The number of nitrogens with zero attached hydrogens (tertiary/aromatic N) is 1. The van der Waals surface area contributed by atoms with Crippen molar-refractivity contribution in [2.45, 2.75) is 39.0 Å². The van der Waals surface area contributed by atoms with Crippen LogP contribution in [-0.2, 0) is 4.74 Å². The molecule has 0 spiro atoms. The second-order valence-corrected chi connectivity index (χ2v) is 4.58. The zero-order valence-electron chi connectivity index (χ0n) is 9.80. The van der Waals surface area contributed by atoms with Crippen LogP contribution in [0.5, 0.6) is 0 Å². The van der Waals surface area contributed by atoms with Crippen LogP contribution in [0.25, 0.3) is 0 Å². The van der Waals surface area contributed by atoms with Crippen LogP contribution in [0.4, 0.5) is 0 Å². The Morgan fingerprint density at radius 3 is 2.50 bits per heavy atom. The number of unbranched alkanes of at least 4 members (excludes halogenated alkanes) is 2. The van der Waals surface area contributed by atoms with Gasteiger partial charge in [-0.3, -0.25) is 0 Å². The van der Waals surface area contributed by atoms with Crippen LogP contribution in [0.1, 0.15) is 39.0 Å². The first kappa shape index (κ1) is 12.0. The number of ether oxygens (including phenoxy) is 1. The second-order valence-electron chi connectivity index (χ2n) is 4.58. The number of likely N-dealkylation sites (tertiary alicyclic amines) is 1. The summed E-state index contributed by atoms with van der Waals surface area (Å²) in [4.78, 5) is 2.62. The van der Waals surface area contributed by atoms with Crippen LogP contribution in [0, 0.1) is 5.92 Å². The van der Waals surface area contributed by atoms with Gasteiger partial charge < -0.3 is 9.64 Å². The highest BCUT2D eigenvalue weighted by Crippen LogP contribution is 2.16. The van der Waals surface area contributed by atoms with Gasteiger partial charge in [0.15, 0.2) is 0 Å². The molecule has 1 fully saturated rings.